The Morgan fingerprint density at radius 3 is 0.942 bits per heavy atom. The molecule has 0 aliphatic heterocycles. The maximum atomic E-state index is 12.9. The van der Waals surface area contributed by atoms with Gasteiger partial charge in [-0.1, -0.05) is 279 Å². The Morgan fingerprint density at radius 2 is 0.565 bits per heavy atom. The van der Waals surface area contributed by atoms with Gasteiger partial charge in [0.1, 0.15) is 13.2 Å². The van der Waals surface area contributed by atoms with Crippen molar-refractivity contribution in [2.75, 3.05) is 13.2 Å². The first-order valence-electron chi connectivity index (χ1n) is 29.2. The van der Waals surface area contributed by atoms with Gasteiger partial charge in [-0.2, -0.15) is 0 Å². The number of carbonyl (C=O) groups excluding carboxylic acids is 3. The maximum Gasteiger partial charge on any atom is 0.306 e. The fourth-order valence-corrected chi connectivity index (χ4v) is 8.16. The van der Waals surface area contributed by atoms with Gasteiger partial charge in [-0.25, -0.2) is 0 Å². The van der Waals surface area contributed by atoms with Gasteiger partial charge in [-0.3, -0.25) is 14.4 Å². The SMILES string of the molecule is CC\C=C/C=C\C=C/C=C\C=C/CCCCCC(=O)OCC(COC(=O)CCCCCCCCCCCC/C=C\C=C/CCCCC)OC(=O)CCCCCCCCCCCCCCCCCCC. The molecule has 0 rings (SSSR count). The Balaban J connectivity index is 4.42. The smallest absolute Gasteiger partial charge is 0.306 e. The molecule has 0 fully saturated rings. The molecule has 0 aromatic rings. The average Bonchev–Trinajstić information content (AvgIpc) is 3.35. The first-order chi connectivity index (χ1) is 34.0. The van der Waals surface area contributed by atoms with Gasteiger partial charge in [0.15, 0.2) is 6.10 Å². The van der Waals surface area contributed by atoms with E-state index in [1.165, 1.54) is 167 Å². The van der Waals surface area contributed by atoms with Crippen LogP contribution in [0.25, 0.3) is 0 Å². The highest BCUT2D eigenvalue weighted by molar-refractivity contribution is 5.71. The van der Waals surface area contributed by atoms with Crippen molar-refractivity contribution >= 4 is 17.9 Å². The van der Waals surface area contributed by atoms with Gasteiger partial charge in [0.05, 0.1) is 0 Å². The molecule has 396 valence electrons. The largest absolute Gasteiger partial charge is 0.462 e. The maximum absolute atomic E-state index is 12.9. The van der Waals surface area contributed by atoms with E-state index in [4.69, 9.17) is 14.2 Å². The van der Waals surface area contributed by atoms with Gasteiger partial charge in [0.25, 0.3) is 0 Å². The standard InChI is InChI=1S/C63H108O6/c1-4-7-10-13-16-19-22-25-28-30-31-33-35-38-41-44-47-50-53-56-62(65)68-59-60(58-67-61(64)55-52-49-46-43-40-37-34-27-24-21-18-15-12-9-6-3)69-63(66)57-54-51-48-45-42-39-36-32-29-26-23-20-17-14-11-8-5-2/h9,12,15-16,18-19,21-22,24-25,27,34,37,40,60H,4-8,10-11,13-14,17,20,23,26,28-33,35-36,38-39,41-59H2,1-3H3/b12-9-,18-15-,19-16-,24-21-,25-22-,34-27-,40-37-. The highest BCUT2D eigenvalue weighted by Gasteiger charge is 2.19. The van der Waals surface area contributed by atoms with E-state index in [9.17, 15) is 14.4 Å². The van der Waals surface area contributed by atoms with Crippen LogP contribution < -0.4 is 0 Å². The molecule has 0 spiro atoms. The average molecular weight is 962 g/mol. The molecule has 69 heavy (non-hydrogen) atoms. The van der Waals surface area contributed by atoms with Crippen LogP contribution in [0.1, 0.15) is 278 Å². The fourth-order valence-electron chi connectivity index (χ4n) is 8.16. The van der Waals surface area contributed by atoms with Gasteiger partial charge in [-0.05, 0) is 64.2 Å². The van der Waals surface area contributed by atoms with Gasteiger partial charge in [0, 0.05) is 19.3 Å². The topological polar surface area (TPSA) is 78.9 Å². The lowest BCUT2D eigenvalue weighted by atomic mass is 10.0. The minimum Gasteiger partial charge on any atom is -0.462 e. The van der Waals surface area contributed by atoms with Gasteiger partial charge in [0.2, 0.25) is 0 Å². The molecule has 0 aliphatic rings. The normalized spacial score (nSPS) is 12.7. The number of allylic oxidation sites excluding steroid dienone is 14. The van der Waals surface area contributed by atoms with Crippen LogP contribution in [0.5, 0.6) is 0 Å². The summed E-state index contributed by atoms with van der Waals surface area (Å²) in [5, 5.41) is 0. The van der Waals surface area contributed by atoms with E-state index in [-0.39, 0.29) is 31.1 Å². The van der Waals surface area contributed by atoms with Gasteiger partial charge < -0.3 is 14.2 Å². The molecule has 0 heterocycles. The van der Waals surface area contributed by atoms with Crippen molar-refractivity contribution in [1.82, 2.24) is 0 Å². The minimum atomic E-state index is -0.795. The quantitative estimate of drug-likeness (QED) is 0.0262. The molecule has 0 saturated heterocycles. The summed E-state index contributed by atoms with van der Waals surface area (Å²) in [6.07, 6.45) is 74.3. The number of hydrogen-bond donors (Lipinski definition) is 0. The molecule has 6 nitrogen and oxygen atoms in total. The van der Waals surface area contributed by atoms with Crippen molar-refractivity contribution in [2.24, 2.45) is 0 Å². The summed E-state index contributed by atoms with van der Waals surface area (Å²) in [5.74, 6) is -0.927. The Labute approximate surface area is 426 Å². The second-order valence-electron chi connectivity index (χ2n) is 19.3. The highest BCUT2D eigenvalue weighted by atomic mass is 16.6. The second-order valence-corrected chi connectivity index (χ2v) is 19.3. The van der Waals surface area contributed by atoms with Crippen molar-refractivity contribution in [3.05, 3.63) is 85.1 Å². The van der Waals surface area contributed by atoms with E-state index in [1.807, 2.05) is 42.5 Å². The fraction of sp³-hybridized carbons (Fsp3) is 0.730. The molecular formula is C63H108O6. The molecule has 1 atom stereocenters. The Morgan fingerprint density at radius 1 is 0.304 bits per heavy atom. The Kier molecular flexibility index (Phi) is 54.3. The monoisotopic (exact) mass is 961 g/mol. The van der Waals surface area contributed by atoms with E-state index in [0.29, 0.717) is 19.3 Å². The van der Waals surface area contributed by atoms with Crippen LogP contribution in [0.4, 0.5) is 0 Å². The van der Waals surface area contributed by atoms with Gasteiger partial charge >= 0.3 is 17.9 Å². The van der Waals surface area contributed by atoms with Crippen molar-refractivity contribution in [1.29, 1.82) is 0 Å². The second kappa shape index (κ2) is 57.2. The first-order valence-corrected chi connectivity index (χ1v) is 29.2. The summed E-state index contributed by atoms with van der Waals surface area (Å²) >= 11 is 0. The van der Waals surface area contributed by atoms with Crippen LogP contribution in [0.3, 0.4) is 0 Å². The summed E-state index contributed by atoms with van der Waals surface area (Å²) in [5.41, 5.74) is 0. The van der Waals surface area contributed by atoms with E-state index < -0.39 is 6.10 Å². The zero-order valence-electron chi connectivity index (χ0n) is 45.3. The predicted molar refractivity (Wildman–Crippen MR) is 297 cm³/mol. The van der Waals surface area contributed by atoms with E-state index in [2.05, 4.69) is 63.3 Å². The van der Waals surface area contributed by atoms with E-state index in [1.54, 1.807) is 0 Å². The van der Waals surface area contributed by atoms with Crippen LogP contribution in [0, 0.1) is 0 Å². The molecule has 0 N–H and O–H groups in total. The van der Waals surface area contributed by atoms with Crippen LogP contribution in [0.2, 0.25) is 0 Å². The van der Waals surface area contributed by atoms with Crippen LogP contribution in [0.15, 0.2) is 85.1 Å². The summed E-state index contributed by atoms with van der Waals surface area (Å²) in [7, 11) is 0. The zero-order valence-corrected chi connectivity index (χ0v) is 45.3. The van der Waals surface area contributed by atoms with Crippen LogP contribution in [-0.2, 0) is 28.6 Å². The number of ether oxygens (including phenoxy) is 3. The molecule has 1 unspecified atom stereocenters. The Bertz CT molecular complexity index is 1330. The molecule has 0 aromatic carbocycles. The lowest BCUT2D eigenvalue weighted by molar-refractivity contribution is -0.167. The van der Waals surface area contributed by atoms with Crippen LogP contribution in [-0.4, -0.2) is 37.2 Å². The van der Waals surface area contributed by atoms with Crippen molar-refractivity contribution < 1.29 is 28.6 Å². The van der Waals surface area contributed by atoms with Crippen molar-refractivity contribution in [3.63, 3.8) is 0 Å². The number of esters is 3. The molecule has 0 bridgehead atoms. The first kappa shape index (κ1) is 65.6. The van der Waals surface area contributed by atoms with E-state index >= 15 is 0 Å². The summed E-state index contributed by atoms with van der Waals surface area (Å²) in [4.78, 5) is 38.2. The molecule has 0 aliphatic carbocycles. The molecular weight excluding hydrogens is 853 g/mol. The molecule has 0 aromatic heterocycles. The number of unbranched alkanes of at least 4 members (excludes halogenated alkanes) is 32. The lowest BCUT2D eigenvalue weighted by Crippen LogP contribution is -2.30. The molecule has 0 radical (unpaired) electrons. The highest BCUT2D eigenvalue weighted by Crippen LogP contribution is 2.16. The number of carbonyl (C=O) groups is 3. The van der Waals surface area contributed by atoms with Crippen LogP contribution >= 0.6 is 0 Å². The summed E-state index contributed by atoms with van der Waals surface area (Å²) in [6, 6.07) is 0. The van der Waals surface area contributed by atoms with E-state index in [0.717, 1.165) is 70.6 Å². The lowest BCUT2D eigenvalue weighted by Gasteiger charge is -2.18. The third-order valence-electron chi connectivity index (χ3n) is 12.5. The minimum absolute atomic E-state index is 0.0903. The molecule has 0 amide bonds. The summed E-state index contributed by atoms with van der Waals surface area (Å²) in [6.45, 7) is 6.46. The predicted octanol–water partition coefficient (Wildman–Crippen LogP) is 19.5. The third-order valence-corrected chi connectivity index (χ3v) is 12.5. The molecule has 6 heteroatoms. The number of rotatable bonds is 52. The zero-order chi connectivity index (χ0) is 50.0. The molecule has 0 saturated carbocycles. The number of hydrogen-bond acceptors (Lipinski definition) is 6. The van der Waals surface area contributed by atoms with Crippen molar-refractivity contribution in [2.45, 2.75) is 284 Å². The Hall–Kier alpha value is -3.41. The summed E-state index contributed by atoms with van der Waals surface area (Å²) < 4.78 is 16.9. The third kappa shape index (κ3) is 55.4. The van der Waals surface area contributed by atoms with Crippen molar-refractivity contribution in [3.8, 4) is 0 Å². The van der Waals surface area contributed by atoms with Gasteiger partial charge in [-0.15, -0.1) is 0 Å².